The number of hydrogen-bond acceptors (Lipinski definition) is 6. The van der Waals surface area contributed by atoms with Gasteiger partial charge in [0.25, 0.3) is 0 Å². The number of nitrogens with zero attached hydrogens (tertiary/aromatic N) is 3. The highest BCUT2D eigenvalue weighted by Gasteiger charge is 2.32. The summed E-state index contributed by atoms with van der Waals surface area (Å²) >= 11 is 0. The summed E-state index contributed by atoms with van der Waals surface area (Å²) in [5, 5.41) is 11.5. The van der Waals surface area contributed by atoms with Crippen molar-refractivity contribution in [3.05, 3.63) is 23.9 Å². The second kappa shape index (κ2) is 9.77. The van der Waals surface area contributed by atoms with Gasteiger partial charge in [-0.15, -0.1) is 12.4 Å². The van der Waals surface area contributed by atoms with Gasteiger partial charge in [0.2, 0.25) is 11.8 Å². The maximum atomic E-state index is 12.3. The van der Waals surface area contributed by atoms with E-state index < -0.39 is 0 Å². The van der Waals surface area contributed by atoms with E-state index in [1.165, 1.54) is 5.69 Å². The molecule has 3 fully saturated rings. The van der Waals surface area contributed by atoms with Crippen LogP contribution in [0.1, 0.15) is 50.1 Å². The summed E-state index contributed by atoms with van der Waals surface area (Å²) in [5.41, 5.74) is 2.97. The number of halogens is 1. The second-order valence-corrected chi connectivity index (χ2v) is 8.99. The summed E-state index contributed by atoms with van der Waals surface area (Å²) in [6, 6.07) is 6.38. The van der Waals surface area contributed by atoms with Crippen molar-refractivity contribution in [2.75, 3.05) is 31.1 Å². The van der Waals surface area contributed by atoms with E-state index in [-0.39, 0.29) is 30.1 Å². The molecule has 1 atom stereocenters. The van der Waals surface area contributed by atoms with Crippen LogP contribution in [0.4, 0.5) is 5.69 Å². The Morgan fingerprint density at radius 3 is 2.47 bits per heavy atom. The number of imide groups is 1. The highest BCUT2D eigenvalue weighted by Crippen LogP contribution is 2.33. The van der Waals surface area contributed by atoms with Gasteiger partial charge < -0.3 is 15.0 Å². The second-order valence-electron chi connectivity index (χ2n) is 8.99. The van der Waals surface area contributed by atoms with Gasteiger partial charge in [0.15, 0.2) is 0 Å². The molecule has 174 valence electrons. The van der Waals surface area contributed by atoms with Crippen molar-refractivity contribution in [1.82, 2.24) is 20.4 Å². The van der Waals surface area contributed by atoms with E-state index in [0.29, 0.717) is 25.0 Å². The Balaban J connectivity index is 0.00000245. The Labute approximate surface area is 194 Å². The van der Waals surface area contributed by atoms with Crippen molar-refractivity contribution in [3.63, 3.8) is 0 Å². The Hall–Kier alpha value is -2.16. The summed E-state index contributed by atoms with van der Waals surface area (Å²) < 4.78 is 8.20. The number of piperidine rings is 3. The molecule has 4 heterocycles. The van der Waals surface area contributed by atoms with Crippen molar-refractivity contribution in [3.8, 4) is 0 Å². The predicted octanol–water partition coefficient (Wildman–Crippen LogP) is 2.25. The highest BCUT2D eigenvalue weighted by molar-refractivity contribution is 6.02. The highest BCUT2D eigenvalue weighted by atomic mass is 35.5. The first-order chi connectivity index (χ1) is 15.1. The number of fused-ring (bicyclic) bond motifs is 1. The first-order valence-electron chi connectivity index (χ1n) is 11.5. The van der Waals surface area contributed by atoms with Gasteiger partial charge in [0.05, 0.1) is 29.3 Å². The summed E-state index contributed by atoms with van der Waals surface area (Å²) in [6.45, 7) is 4.10. The molecule has 9 heteroatoms. The fraction of sp³-hybridized carbons (Fsp3) is 0.609. The Kier molecular flexibility index (Phi) is 7.02. The third-order valence-corrected chi connectivity index (χ3v) is 6.91. The van der Waals surface area contributed by atoms with Crippen molar-refractivity contribution >= 4 is 40.8 Å². The lowest BCUT2D eigenvalue weighted by atomic mass is 9.92. The molecule has 0 aliphatic carbocycles. The first kappa shape index (κ1) is 23.0. The molecule has 1 unspecified atom stereocenters. The SMILES string of the molecule is Cl.Cn1nc(C2CCC(=O)NC2=O)c2ccc(N3CCC(OC4CCNCC4)CC3)cc21. The van der Waals surface area contributed by atoms with Crippen LogP contribution in [0, 0.1) is 0 Å². The molecule has 2 aromatic rings. The van der Waals surface area contributed by atoms with Crippen LogP contribution in [0.3, 0.4) is 0 Å². The lowest BCUT2D eigenvalue weighted by Crippen LogP contribution is -2.40. The van der Waals surface area contributed by atoms with Gasteiger partial charge in [-0.05, 0) is 63.4 Å². The Morgan fingerprint density at radius 2 is 1.75 bits per heavy atom. The molecule has 32 heavy (non-hydrogen) atoms. The first-order valence-corrected chi connectivity index (χ1v) is 11.5. The number of nitrogens with one attached hydrogen (secondary N) is 2. The smallest absolute Gasteiger partial charge is 0.235 e. The van der Waals surface area contributed by atoms with Gasteiger partial charge in [-0.1, -0.05) is 0 Å². The third kappa shape index (κ3) is 4.63. The normalized spacial score (nSPS) is 23.3. The van der Waals surface area contributed by atoms with Crippen LogP contribution in [0.5, 0.6) is 0 Å². The standard InChI is InChI=1S/C23H31N5O3.ClH/c1-27-20-14-15(28-12-8-17(9-13-28)31-16-6-10-24-11-7-16)2-3-18(20)22(26-27)19-4-5-21(29)25-23(19)30;/h2-3,14,16-17,19,24H,4-13H2,1H3,(H,25,29,30);1H. The van der Waals surface area contributed by atoms with Gasteiger partial charge in [0.1, 0.15) is 0 Å². The number of hydrogen-bond donors (Lipinski definition) is 2. The van der Waals surface area contributed by atoms with Crippen LogP contribution in [-0.4, -0.2) is 60.0 Å². The molecule has 0 radical (unpaired) electrons. The van der Waals surface area contributed by atoms with Crippen molar-refractivity contribution in [2.45, 2.75) is 56.7 Å². The molecule has 8 nitrogen and oxygen atoms in total. The molecule has 0 bridgehead atoms. The fourth-order valence-electron chi connectivity index (χ4n) is 5.14. The van der Waals surface area contributed by atoms with E-state index in [2.05, 4.69) is 38.8 Å². The number of amides is 2. The number of carbonyl (C=O) groups excluding carboxylic acids is 2. The number of anilines is 1. The molecular formula is C23H32ClN5O3. The van der Waals surface area contributed by atoms with Crippen LogP contribution < -0.4 is 15.5 Å². The van der Waals surface area contributed by atoms with Crippen molar-refractivity contribution < 1.29 is 14.3 Å². The number of rotatable bonds is 4. The molecule has 1 aromatic carbocycles. The summed E-state index contributed by atoms with van der Waals surface area (Å²) in [6.07, 6.45) is 5.99. The van der Waals surface area contributed by atoms with E-state index in [4.69, 9.17) is 4.74 Å². The van der Waals surface area contributed by atoms with Gasteiger partial charge >= 0.3 is 0 Å². The van der Waals surface area contributed by atoms with Crippen LogP contribution in [0.2, 0.25) is 0 Å². The average Bonchev–Trinajstić information content (AvgIpc) is 3.11. The van der Waals surface area contributed by atoms with Crippen LogP contribution in [-0.2, 0) is 21.4 Å². The zero-order chi connectivity index (χ0) is 21.4. The summed E-state index contributed by atoms with van der Waals surface area (Å²) in [5.74, 6) is -0.803. The van der Waals surface area contributed by atoms with E-state index in [0.717, 1.165) is 68.5 Å². The fourth-order valence-corrected chi connectivity index (χ4v) is 5.14. The lowest BCUT2D eigenvalue weighted by Gasteiger charge is -2.36. The van der Waals surface area contributed by atoms with Crippen LogP contribution in [0.25, 0.3) is 10.9 Å². The monoisotopic (exact) mass is 461 g/mol. The van der Waals surface area contributed by atoms with Gasteiger partial charge in [0, 0.05) is 37.6 Å². The number of aryl methyl sites for hydroxylation is 1. The van der Waals surface area contributed by atoms with Gasteiger partial charge in [-0.2, -0.15) is 5.10 Å². The molecule has 2 amide bonds. The van der Waals surface area contributed by atoms with Gasteiger partial charge in [-0.3, -0.25) is 19.6 Å². The van der Waals surface area contributed by atoms with Crippen LogP contribution in [0.15, 0.2) is 18.2 Å². The van der Waals surface area contributed by atoms with Crippen LogP contribution >= 0.6 is 12.4 Å². The zero-order valence-corrected chi connectivity index (χ0v) is 19.3. The van der Waals surface area contributed by atoms with E-state index in [1.807, 2.05) is 11.7 Å². The largest absolute Gasteiger partial charge is 0.375 e. The van der Waals surface area contributed by atoms with Gasteiger partial charge in [-0.25, -0.2) is 0 Å². The number of ether oxygens (including phenoxy) is 1. The molecule has 3 saturated heterocycles. The minimum Gasteiger partial charge on any atom is -0.375 e. The molecule has 5 rings (SSSR count). The third-order valence-electron chi connectivity index (χ3n) is 6.91. The molecule has 3 aliphatic rings. The Bertz CT molecular complexity index is 979. The number of carbonyl (C=O) groups is 2. The topological polar surface area (TPSA) is 88.5 Å². The van der Waals surface area contributed by atoms with E-state index in [9.17, 15) is 9.59 Å². The number of benzene rings is 1. The molecular weight excluding hydrogens is 430 g/mol. The van der Waals surface area contributed by atoms with E-state index in [1.54, 1.807) is 0 Å². The van der Waals surface area contributed by atoms with Crippen molar-refractivity contribution in [1.29, 1.82) is 0 Å². The summed E-state index contributed by atoms with van der Waals surface area (Å²) in [7, 11) is 1.92. The Morgan fingerprint density at radius 1 is 1.03 bits per heavy atom. The molecule has 2 N–H and O–H groups in total. The molecule has 1 aromatic heterocycles. The quantitative estimate of drug-likeness (QED) is 0.679. The predicted molar refractivity (Wildman–Crippen MR) is 125 cm³/mol. The molecule has 3 aliphatic heterocycles. The summed E-state index contributed by atoms with van der Waals surface area (Å²) in [4.78, 5) is 26.3. The average molecular weight is 462 g/mol. The van der Waals surface area contributed by atoms with E-state index >= 15 is 0 Å². The minimum absolute atomic E-state index is 0. The van der Waals surface area contributed by atoms with Crippen molar-refractivity contribution in [2.24, 2.45) is 7.05 Å². The molecule has 0 saturated carbocycles. The maximum Gasteiger partial charge on any atom is 0.235 e. The minimum atomic E-state index is -0.366. The molecule has 0 spiro atoms. The lowest BCUT2D eigenvalue weighted by molar-refractivity contribution is -0.134. The maximum absolute atomic E-state index is 12.3. The zero-order valence-electron chi connectivity index (χ0n) is 18.5. The number of aromatic nitrogens is 2.